The molecule has 0 aromatic carbocycles. The fraction of sp³-hybridized carbons (Fsp3) is 0.409. The maximum Gasteiger partial charge on any atom is 0.459 e. The van der Waals surface area contributed by atoms with Gasteiger partial charge in [-0.1, -0.05) is 6.92 Å². The molecule has 0 N–H and O–H groups in total. The van der Waals surface area contributed by atoms with Gasteiger partial charge >= 0.3 is 12.1 Å². The van der Waals surface area contributed by atoms with E-state index in [1.807, 2.05) is 0 Å². The van der Waals surface area contributed by atoms with Crippen molar-refractivity contribution >= 4 is 32.3 Å². The molecule has 1 aliphatic carbocycles. The molecule has 0 atom stereocenters. The first kappa shape index (κ1) is 26.2. The van der Waals surface area contributed by atoms with E-state index in [0.29, 0.717) is 10.9 Å². The number of nitrogens with zero attached hydrogens (tertiary/aromatic N) is 7. The smallest absolute Gasteiger partial charge is 0.317 e. The average Bonchev–Trinajstić information content (AvgIpc) is 3.17. The summed E-state index contributed by atoms with van der Waals surface area (Å²) in [6, 6.07) is 6.31. The number of aryl methyl sites for hydroxylation is 1. The summed E-state index contributed by atoms with van der Waals surface area (Å²) in [6.45, 7) is 1.44. The second-order valence-electron chi connectivity index (χ2n) is 8.91. The van der Waals surface area contributed by atoms with Crippen LogP contribution in [0.5, 0.6) is 0 Å². The maximum absolute atomic E-state index is 13.9. The Balaban J connectivity index is 1.70. The van der Waals surface area contributed by atoms with Crippen LogP contribution in [-0.4, -0.2) is 49.6 Å². The van der Waals surface area contributed by atoms with Crippen molar-refractivity contribution in [3.8, 4) is 28.3 Å². The maximum atomic E-state index is 13.9. The largest absolute Gasteiger partial charge is 0.459 e. The molecule has 0 spiro atoms. The van der Waals surface area contributed by atoms with Crippen molar-refractivity contribution in [2.24, 2.45) is 14.1 Å². The van der Waals surface area contributed by atoms with E-state index in [4.69, 9.17) is 0 Å². The fourth-order valence-corrected chi connectivity index (χ4v) is 6.53. The Labute approximate surface area is 216 Å². The highest BCUT2D eigenvalue weighted by Gasteiger charge is 2.60. The molecule has 4 aromatic rings. The highest BCUT2D eigenvalue weighted by molar-refractivity contribution is 7.91. The number of halogens is 5. The van der Waals surface area contributed by atoms with Crippen molar-refractivity contribution in [2.45, 2.75) is 42.3 Å². The van der Waals surface area contributed by atoms with Crippen LogP contribution < -0.4 is 0 Å². The van der Waals surface area contributed by atoms with E-state index < -0.39 is 33.0 Å². The van der Waals surface area contributed by atoms with Gasteiger partial charge in [-0.05, 0) is 31.0 Å². The van der Waals surface area contributed by atoms with E-state index in [9.17, 15) is 35.6 Å². The quantitative estimate of drug-likeness (QED) is 0.313. The summed E-state index contributed by atoms with van der Waals surface area (Å²) >= 11 is 1.31. The van der Waals surface area contributed by atoms with Crippen LogP contribution >= 0.6 is 11.3 Å². The number of imidazole rings is 2. The van der Waals surface area contributed by atoms with Crippen LogP contribution in [0, 0.1) is 11.3 Å². The predicted octanol–water partition coefficient (Wildman–Crippen LogP) is 4.50. The molecule has 0 unspecified atom stereocenters. The highest BCUT2D eigenvalue weighted by Crippen LogP contribution is 2.51. The Morgan fingerprint density at radius 1 is 1.08 bits per heavy atom. The van der Waals surface area contributed by atoms with Crippen molar-refractivity contribution in [1.82, 2.24) is 29.3 Å². The van der Waals surface area contributed by atoms with Gasteiger partial charge in [0, 0.05) is 19.0 Å². The first-order valence-corrected chi connectivity index (χ1v) is 13.6. The third-order valence-electron chi connectivity index (χ3n) is 6.49. The Bertz CT molecular complexity index is 1740. The molecule has 0 saturated heterocycles. The minimum atomic E-state index is -5.89. The van der Waals surface area contributed by atoms with E-state index >= 15 is 0 Å². The number of hydrogen-bond acceptors (Lipinski definition) is 8. The molecule has 5 rings (SSSR count). The molecular weight excluding hydrogens is 553 g/mol. The first-order valence-electron chi connectivity index (χ1n) is 11.1. The van der Waals surface area contributed by atoms with Gasteiger partial charge in [0.25, 0.3) is 0 Å². The van der Waals surface area contributed by atoms with Gasteiger partial charge in [-0.25, -0.2) is 18.4 Å². The number of rotatable bonds is 6. The summed E-state index contributed by atoms with van der Waals surface area (Å²) in [7, 11) is -1.03. The lowest BCUT2D eigenvalue weighted by Crippen LogP contribution is -2.34. The number of alkyl halides is 5. The van der Waals surface area contributed by atoms with Crippen LogP contribution in [0.15, 0.2) is 23.2 Å². The third kappa shape index (κ3) is 3.78. The molecule has 0 aliphatic heterocycles. The average molecular weight is 572 g/mol. The number of hydrogen-bond donors (Lipinski definition) is 0. The Kier molecular flexibility index (Phi) is 5.70. The molecule has 1 aliphatic rings. The molecule has 1 saturated carbocycles. The number of fused-ring (bicyclic) bond motifs is 1. The zero-order valence-electron chi connectivity index (χ0n) is 20.0. The molecule has 200 valence electrons. The minimum absolute atomic E-state index is 0.108. The molecule has 0 radical (unpaired) electrons. The fourth-order valence-electron chi connectivity index (χ4n) is 4.09. The molecule has 1 fully saturated rings. The Morgan fingerprint density at radius 3 is 2.34 bits per heavy atom. The van der Waals surface area contributed by atoms with Gasteiger partial charge in [-0.2, -0.15) is 27.2 Å². The number of thiophene rings is 1. The van der Waals surface area contributed by atoms with Crippen molar-refractivity contribution in [2.75, 3.05) is 5.75 Å². The van der Waals surface area contributed by atoms with Crippen molar-refractivity contribution in [3.63, 3.8) is 0 Å². The van der Waals surface area contributed by atoms with E-state index in [0.717, 1.165) is 17.7 Å². The topological polar surface area (TPSA) is 119 Å². The summed E-state index contributed by atoms with van der Waals surface area (Å²) in [5, 5.41) is 15.9. The minimum Gasteiger partial charge on any atom is -0.317 e. The Hall–Kier alpha value is -3.45. The second-order valence-corrected chi connectivity index (χ2v) is 12.2. The monoisotopic (exact) mass is 571 g/mol. The number of nitriles is 1. The molecule has 0 bridgehead atoms. The molecular formula is C22H18F5N7O2S2. The van der Waals surface area contributed by atoms with Gasteiger partial charge in [-0.3, -0.25) is 0 Å². The molecule has 38 heavy (non-hydrogen) atoms. The summed E-state index contributed by atoms with van der Waals surface area (Å²) in [6.07, 6.45) is -4.45. The van der Waals surface area contributed by atoms with Crippen LogP contribution in [0.25, 0.3) is 33.4 Å². The van der Waals surface area contributed by atoms with E-state index in [2.05, 4.69) is 26.2 Å². The van der Waals surface area contributed by atoms with Crippen molar-refractivity contribution in [3.05, 3.63) is 28.8 Å². The van der Waals surface area contributed by atoms with E-state index in [1.54, 1.807) is 12.1 Å². The summed E-state index contributed by atoms with van der Waals surface area (Å²) in [4.78, 5) is 10.1. The summed E-state index contributed by atoms with van der Waals surface area (Å²) in [5.41, 5.74) is -2.79. The SMILES string of the molecule is CCS(=O)(=O)c1c(-c2nc3cc(C(F)(F)C(F)(F)F)nnc3n2C)nc(-c2ccc(C3(C#N)CC3)s2)n1C. The van der Waals surface area contributed by atoms with Gasteiger partial charge < -0.3 is 9.13 Å². The number of aromatic nitrogens is 6. The molecule has 4 heterocycles. The highest BCUT2D eigenvalue weighted by atomic mass is 32.2. The summed E-state index contributed by atoms with van der Waals surface area (Å²) in [5.74, 6) is -5.40. The first-order chi connectivity index (χ1) is 17.7. The van der Waals surface area contributed by atoms with Gasteiger partial charge in [-0.15, -0.1) is 21.5 Å². The second kappa shape index (κ2) is 8.27. The Morgan fingerprint density at radius 2 is 1.76 bits per heavy atom. The molecule has 16 heteroatoms. The molecule has 4 aromatic heterocycles. The zero-order valence-corrected chi connectivity index (χ0v) is 21.6. The van der Waals surface area contributed by atoms with Crippen molar-refractivity contribution < 1.29 is 30.4 Å². The predicted molar refractivity (Wildman–Crippen MR) is 126 cm³/mol. The van der Waals surface area contributed by atoms with Gasteiger partial charge in [0.2, 0.25) is 0 Å². The van der Waals surface area contributed by atoms with Gasteiger partial charge in [0.05, 0.1) is 22.1 Å². The van der Waals surface area contributed by atoms with Gasteiger partial charge in [0.1, 0.15) is 16.9 Å². The van der Waals surface area contributed by atoms with E-state index in [-0.39, 0.29) is 39.3 Å². The lowest BCUT2D eigenvalue weighted by molar-refractivity contribution is -0.291. The van der Waals surface area contributed by atoms with Crippen LogP contribution in [-0.2, 0) is 35.3 Å². The van der Waals surface area contributed by atoms with Crippen molar-refractivity contribution in [1.29, 1.82) is 5.26 Å². The van der Waals surface area contributed by atoms with Crippen LogP contribution in [0.3, 0.4) is 0 Å². The molecule has 0 amide bonds. The lowest BCUT2D eigenvalue weighted by atomic mass is 10.1. The van der Waals surface area contributed by atoms with Crippen LogP contribution in [0.2, 0.25) is 0 Å². The van der Waals surface area contributed by atoms with Crippen LogP contribution in [0.4, 0.5) is 22.0 Å². The summed E-state index contributed by atoms with van der Waals surface area (Å²) < 4.78 is 95.2. The van der Waals surface area contributed by atoms with E-state index in [1.165, 1.54) is 41.5 Å². The zero-order chi connectivity index (χ0) is 27.8. The van der Waals surface area contributed by atoms with Gasteiger partial charge in [0.15, 0.2) is 32.2 Å². The normalized spacial score (nSPS) is 15.7. The molecule has 9 nitrogen and oxygen atoms in total. The number of sulfone groups is 1. The van der Waals surface area contributed by atoms with Crippen LogP contribution in [0.1, 0.15) is 30.3 Å². The third-order valence-corrected chi connectivity index (χ3v) is 9.59. The standard InChI is InChI=1S/C22H18F5N7O2S2/c1-4-38(35,36)19-15(30-17(34(19)3)12-5-6-14(37-12)20(10-28)7-8-20)18-29-11-9-13(21(23,24)22(25,26)27)31-32-16(11)33(18)2/h5-6,9H,4,7-8H2,1-3H3. The lowest BCUT2D eigenvalue weighted by Gasteiger charge is -2.17.